The molecule has 1 aliphatic carbocycles. The van der Waals surface area contributed by atoms with E-state index in [1.54, 1.807) is 11.0 Å². The van der Waals surface area contributed by atoms with E-state index in [1.165, 1.54) is 6.07 Å². The van der Waals surface area contributed by atoms with E-state index in [2.05, 4.69) is 27.5 Å². The maximum atomic E-state index is 13.9. The van der Waals surface area contributed by atoms with E-state index >= 15 is 0 Å². The van der Waals surface area contributed by atoms with Gasteiger partial charge >= 0.3 is 6.01 Å². The van der Waals surface area contributed by atoms with Gasteiger partial charge in [0.2, 0.25) is 6.43 Å². The number of fused-ring (bicyclic) bond motifs is 2. The Hall–Kier alpha value is -2.80. The third-order valence-electron chi connectivity index (χ3n) is 8.40. The zero-order valence-corrected chi connectivity index (χ0v) is 25.4. The molecule has 218 valence electrons. The SMILES string of the molecule is CN(C)CC1(COc2nc3c(c(N4CCCC(C(F)F)C4)n2)CN(C(=O)c2cc(O)cc4cccc(I)c24)C3)CC1. The van der Waals surface area contributed by atoms with Crippen LogP contribution in [0.5, 0.6) is 11.8 Å². The van der Waals surface area contributed by atoms with Crippen molar-refractivity contribution in [3.05, 3.63) is 50.7 Å². The van der Waals surface area contributed by atoms with Gasteiger partial charge in [0.05, 0.1) is 31.0 Å². The number of carbonyl (C=O) groups excluding carboxylic acids is 1. The molecular weight excluding hydrogens is 643 g/mol. The van der Waals surface area contributed by atoms with Crippen LogP contribution in [0, 0.1) is 14.9 Å². The molecule has 11 heteroatoms. The first kappa shape index (κ1) is 28.3. The van der Waals surface area contributed by atoms with Crippen LogP contribution >= 0.6 is 22.6 Å². The van der Waals surface area contributed by atoms with Crippen LogP contribution in [0.2, 0.25) is 0 Å². The van der Waals surface area contributed by atoms with Crippen molar-refractivity contribution in [3.63, 3.8) is 0 Å². The average molecular weight is 678 g/mol. The number of halogens is 3. The number of carbonyl (C=O) groups is 1. The lowest BCUT2D eigenvalue weighted by Gasteiger charge is -2.34. The molecule has 2 aromatic carbocycles. The van der Waals surface area contributed by atoms with Crippen molar-refractivity contribution in [3.8, 4) is 11.8 Å². The third-order valence-corrected chi connectivity index (χ3v) is 9.30. The summed E-state index contributed by atoms with van der Waals surface area (Å²) in [5, 5.41) is 12.0. The van der Waals surface area contributed by atoms with Crippen molar-refractivity contribution >= 4 is 45.1 Å². The van der Waals surface area contributed by atoms with Gasteiger partial charge in [-0.3, -0.25) is 4.79 Å². The van der Waals surface area contributed by atoms with Crippen molar-refractivity contribution in [1.29, 1.82) is 0 Å². The van der Waals surface area contributed by atoms with Crippen molar-refractivity contribution in [2.24, 2.45) is 11.3 Å². The Morgan fingerprint density at radius 2 is 2.05 bits per heavy atom. The number of piperidine rings is 1. The number of aromatic hydroxyl groups is 1. The Morgan fingerprint density at radius 3 is 2.78 bits per heavy atom. The summed E-state index contributed by atoms with van der Waals surface area (Å²) in [6, 6.07) is 9.09. The summed E-state index contributed by atoms with van der Waals surface area (Å²) in [6.07, 6.45) is 0.871. The molecule has 1 unspecified atom stereocenters. The number of anilines is 1. The van der Waals surface area contributed by atoms with E-state index in [1.807, 2.05) is 37.2 Å². The van der Waals surface area contributed by atoms with Crippen molar-refractivity contribution in [2.45, 2.75) is 45.2 Å². The number of nitrogens with zero attached hydrogens (tertiary/aromatic N) is 5. The molecule has 2 fully saturated rings. The summed E-state index contributed by atoms with van der Waals surface area (Å²) in [5.41, 5.74) is 1.94. The molecule has 41 heavy (non-hydrogen) atoms. The number of phenols is 1. The molecule has 0 spiro atoms. The van der Waals surface area contributed by atoms with Crippen molar-refractivity contribution < 1.29 is 23.4 Å². The van der Waals surface area contributed by atoms with Gasteiger partial charge in [0.25, 0.3) is 5.91 Å². The Morgan fingerprint density at radius 1 is 1.24 bits per heavy atom. The number of phenolic OH excluding ortho intramolecular Hbond substituents is 1. The van der Waals surface area contributed by atoms with E-state index in [0.29, 0.717) is 43.1 Å². The lowest BCUT2D eigenvalue weighted by Crippen LogP contribution is -2.39. The van der Waals surface area contributed by atoms with Gasteiger partial charge in [-0.1, -0.05) is 12.1 Å². The maximum Gasteiger partial charge on any atom is 0.318 e. The van der Waals surface area contributed by atoms with Crippen molar-refractivity contribution in [1.82, 2.24) is 19.8 Å². The van der Waals surface area contributed by atoms with E-state index in [-0.39, 0.29) is 42.7 Å². The minimum Gasteiger partial charge on any atom is -0.508 e. The monoisotopic (exact) mass is 677 g/mol. The van der Waals surface area contributed by atoms with Crippen LogP contribution in [0.3, 0.4) is 0 Å². The standard InChI is InChI=1S/C30H34F2IN5O3/c1-36(2)16-30(8-9-30)17-41-29-34-24-15-38(14-22(24)27(35-29)37-10-4-6-19(13-37)26(31)32)28(40)21-12-20(39)11-18-5-3-7-23(33)25(18)21/h3,5,7,11-12,19,26,39H,4,6,8-10,13-17H2,1-2H3. The summed E-state index contributed by atoms with van der Waals surface area (Å²) in [6.45, 7) is 2.71. The molecular formula is C30H34F2IN5O3. The van der Waals surface area contributed by atoms with E-state index < -0.39 is 12.3 Å². The second-order valence-electron chi connectivity index (χ2n) is 12.0. The molecule has 3 aliphatic rings. The largest absolute Gasteiger partial charge is 0.508 e. The summed E-state index contributed by atoms with van der Waals surface area (Å²) in [4.78, 5) is 29.2. The molecule has 3 aromatic rings. The molecule has 1 atom stereocenters. The second kappa shape index (κ2) is 11.1. The molecule has 1 saturated carbocycles. The number of benzene rings is 2. The highest BCUT2D eigenvalue weighted by atomic mass is 127. The number of hydrogen-bond donors (Lipinski definition) is 1. The second-order valence-corrected chi connectivity index (χ2v) is 13.1. The van der Waals surface area contributed by atoms with Crippen LogP contribution in [0.4, 0.5) is 14.6 Å². The average Bonchev–Trinajstić information content (AvgIpc) is 3.55. The number of alkyl halides is 2. The normalized spacial score (nSPS) is 19.7. The smallest absolute Gasteiger partial charge is 0.318 e. The summed E-state index contributed by atoms with van der Waals surface area (Å²) in [5.74, 6) is -0.353. The lowest BCUT2D eigenvalue weighted by atomic mass is 9.98. The van der Waals surface area contributed by atoms with Crippen LogP contribution in [0.15, 0.2) is 30.3 Å². The summed E-state index contributed by atoms with van der Waals surface area (Å²) in [7, 11) is 4.09. The van der Waals surface area contributed by atoms with Gasteiger partial charge in [0.1, 0.15) is 11.6 Å². The van der Waals surface area contributed by atoms with Gasteiger partial charge in [-0.15, -0.1) is 0 Å². The molecule has 1 aromatic heterocycles. The molecule has 2 aliphatic heterocycles. The minimum absolute atomic E-state index is 0.0221. The molecule has 6 rings (SSSR count). The number of hydrogen-bond acceptors (Lipinski definition) is 7. The predicted octanol–water partition coefficient (Wildman–Crippen LogP) is 5.30. The highest BCUT2D eigenvalue weighted by Crippen LogP contribution is 2.46. The molecule has 3 heterocycles. The Balaban J connectivity index is 1.32. The van der Waals surface area contributed by atoms with E-state index in [0.717, 1.165) is 39.3 Å². The fraction of sp³-hybridized carbons (Fsp3) is 0.500. The lowest BCUT2D eigenvalue weighted by molar-refractivity contribution is 0.0685. The first-order valence-corrected chi connectivity index (χ1v) is 15.1. The number of rotatable bonds is 8. The molecule has 0 radical (unpaired) electrons. The molecule has 1 amide bonds. The van der Waals surface area contributed by atoms with Gasteiger partial charge in [-0.2, -0.15) is 9.97 Å². The summed E-state index contributed by atoms with van der Waals surface area (Å²) < 4.78 is 34.5. The zero-order valence-electron chi connectivity index (χ0n) is 23.2. The van der Waals surface area contributed by atoms with Crippen LogP contribution in [0.1, 0.15) is 47.3 Å². The van der Waals surface area contributed by atoms with Crippen LogP contribution in [-0.2, 0) is 13.1 Å². The van der Waals surface area contributed by atoms with Gasteiger partial charge < -0.3 is 24.5 Å². The highest BCUT2D eigenvalue weighted by Gasteiger charge is 2.44. The Bertz CT molecular complexity index is 1480. The number of amides is 1. The molecule has 1 saturated heterocycles. The quantitative estimate of drug-likeness (QED) is 0.325. The topological polar surface area (TPSA) is 82.0 Å². The summed E-state index contributed by atoms with van der Waals surface area (Å²) >= 11 is 2.20. The fourth-order valence-corrected chi connectivity index (χ4v) is 7.02. The van der Waals surface area contributed by atoms with E-state index in [4.69, 9.17) is 14.7 Å². The maximum absolute atomic E-state index is 13.9. The highest BCUT2D eigenvalue weighted by molar-refractivity contribution is 14.1. The van der Waals surface area contributed by atoms with Gasteiger partial charge in [-0.05, 0) is 86.0 Å². The van der Waals surface area contributed by atoms with Gasteiger partial charge in [-0.25, -0.2) is 8.78 Å². The molecule has 0 bridgehead atoms. The van der Waals surface area contributed by atoms with Crippen molar-refractivity contribution in [2.75, 3.05) is 45.2 Å². The van der Waals surface area contributed by atoms with Gasteiger partial charge in [0, 0.05) is 45.5 Å². The number of ether oxygens (including phenoxy) is 1. The van der Waals surface area contributed by atoms with Gasteiger partial charge in [0.15, 0.2) is 0 Å². The molecule has 8 nitrogen and oxygen atoms in total. The van der Waals surface area contributed by atoms with Crippen LogP contribution in [0.25, 0.3) is 10.8 Å². The zero-order chi connectivity index (χ0) is 28.9. The Kier molecular flexibility index (Phi) is 7.68. The fourth-order valence-electron chi connectivity index (χ4n) is 6.21. The molecule has 1 N–H and O–H groups in total. The Labute approximate surface area is 251 Å². The predicted molar refractivity (Wildman–Crippen MR) is 161 cm³/mol. The van der Waals surface area contributed by atoms with Crippen LogP contribution < -0.4 is 9.64 Å². The first-order valence-electron chi connectivity index (χ1n) is 14.0. The first-order chi connectivity index (χ1) is 19.6. The third kappa shape index (κ3) is 5.79. The van der Waals surface area contributed by atoms with E-state index in [9.17, 15) is 18.7 Å². The van der Waals surface area contributed by atoms with Crippen LogP contribution in [-0.4, -0.2) is 77.5 Å². The number of aromatic nitrogens is 2. The minimum atomic E-state index is -2.40.